The molecule has 0 saturated carbocycles. The number of aromatic nitrogens is 2. The van der Waals surface area contributed by atoms with Gasteiger partial charge >= 0.3 is 5.97 Å². The third kappa shape index (κ3) is 3.32. The molecule has 1 aromatic rings. The fourth-order valence-corrected chi connectivity index (χ4v) is 1.31. The Morgan fingerprint density at radius 1 is 1.56 bits per heavy atom. The number of hydrogen-bond acceptors (Lipinski definition) is 3. The molecular formula is C12H19N3O3. The van der Waals surface area contributed by atoms with E-state index in [2.05, 4.69) is 10.4 Å². The van der Waals surface area contributed by atoms with E-state index < -0.39 is 12.0 Å². The summed E-state index contributed by atoms with van der Waals surface area (Å²) in [5, 5.41) is 15.6. The molecule has 2 N–H and O–H groups in total. The lowest BCUT2D eigenvalue weighted by atomic mass is 10.0. The maximum atomic E-state index is 12.0. The number of aromatic carboxylic acids is 1. The number of carbonyl (C=O) groups excluding carboxylic acids is 1. The monoisotopic (exact) mass is 253 g/mol. The van der Waals surface area contributed by atoms with Gasteiger partial charge in [0.05, 0.1) is 11.8 Å². The Hall–Kier alpha value is -1.85. The number of hydrogen-bond donors (Lipinski definition) is 2. The Morgan fingerprint density at radius 2 is 2.17 bits per heavy atom. The third-order valence-corrected chi connectivity index (χ3v) is 2.97. The van der Waals surface area contributed by atoms with Crippen LogP contribution in [0.5, 0.6) is 0 Å². The highest BCUT2D eigenvalue weighted by Gasteiger charge is 2.23. The van der Waals surface area contributed by atoms with Crippen LogP contribution >= 0.6 is 0 Å². The van der Waals surface area contributed by atoms with Crippen molar-refractivity contribution in [2.45, 2.75) is 45.7 Å². The van der Waals surface area contributed by atoms with E-state index in [1.807, 2.05) is 20.8 Å². The fraction of sp³-hybridized carbons (Fsp3) is 0.583. The number of rotatable bonds is 5. The maximum Gasteiger partial charge on any atom is 0.338 e. The smallest absolute Gasteiger partial charge is 0.338 e. The van der Waals surface area contributed by atoms with E-state index in [1.54, 1.807) is 6.92 Å². The van der Waals surface area contributed by atoms with Gasteiger partial charge in [-0.05, 0) is 27.2 Å². The summed E-state index contributed by atoms with van der Waals surface area (Å²) in [5.41, 5.74) is -0.210. The average molecular weight is 253 g/mol. The number of carbonyl (C=O) groups is 2. The Labute approximate surface area is 106 Å². The molecule has 6 nitrogen and oxygen atoms in total. The molecule has 100 valence electrons. The normalized spacial score (nSPS) is 13.1. The SMILES string of the molecule is CCC(C)(C)NC(=O)C(C)n1cc(C(=O)O)cn1. The standard InChI is InChI=1S/C12H19N3O3/c1-5-12(3,4)14-10(16)8(2)15-7-9(6-13-15)11(17)18/h6-8H,5H2,1-4H3,(H,14,16)(H,17,18). The lowest BCUT2D eigenvalue weighted by Crippen LogP contribution is -2.45. The molecule has 1 amide bonds. The predicted molar refractivity (Wildman–Crippen MR) is 66.4 cm³/mol. The van der Waals surface area contributed by atoms with Crippen molar-refractivity contribution in [2.75, 3.05) is 0 Å². The minimum atomic E-state index is -1.05. The van der Waals surface area contributed by atoms with Gasteiger partial charge in [0.25, 0.3) is 0 Å². The molecule has 1 rings (SSSR count). The summed E-state index contributed by atoms with van der Waals surface area (Å²) < 4.78 is 1.35. The molecule has 18 heavy (non-hydrogen) atoms. The zero-order chi connectivity index (χ0) is 13.9. The molecule has 1 aromatic heterocycles. The van der Waals surface area contributed by atoms with Crippen LogP contribution in [0.2, 0.25) is 0 Å². The zero-order valence-corrected chi connectivity index (χ0v) is 11.1. The van der Waals surface area contributed by atoms with Crippen LogP contribution in [0, 0.1) is 0 Å². The molecule has 0 aliphatic heterocycles. The topological polar surface area (TPSA) is 84.2 Å². The van der Waals surface area contributed by atoms with Gasteiger partial charge in [0.15, 0.2) is 0 Å². The van der Waals surface area contributed by atoms with E-state index in [4.69, 9.17) is 5.11 Å². The Bertz CT molecular complexity index is 451. The Balaban J connectivity index is 2.77. The quantitative estimate of drug-likeness (QED) is 0.831. The molecule has 0 bridgehead atoms. The molecule has 1 heterocycles. The molecule has 0 aliphatic carbocycles. The van der Waals surface area contributed by atoms with Gasteiger partial charge in [0.1, 0.15) is 6.04 Å². The van der Waals surface area contributed by atoms with Gasteiger partial charge < -0.3 is 10.4 Å². The van der Waals surface area contributed by atoms with Crippen molar-refractivity contribution in [3.63, 3.8) is 0 Å². The minimum absolute atomic E-state index is 0.0735. The van der Waals surface area contributed by atoms with Crippen molar-refractivity contribution in [3.05, 3.63) is 18.0 Å². The van der Waals surface area contributed by atoms with Gasteiger partial charge in [-0.3, -0.25) is 9.48 Å². The Kier molecular flexibility index (Phi) is 4.11. The number of carboxylic acids is 1. The first kappa shape index (κ1) is 14.2. The summed E-state index contributed by atoms with van der Waals surface area (Å²) in [7, 11) is 0. The number of amides is 1. The van der Waals surface area contributed by atoms with Crippen LogP contribution in [-0.2, 0) is 4.79 Å². The van der Waals surface area contributed by atoms with Gasteiger partial charge in [0, 0.05) is 11.7 Å². The van der Waals surface area contributed by atoms with Crippen molar-refractivity contribution in [2.24, 2.45) is 0 Å². The van der Waals surface area contributed by atoms with E-state index in [1.165, 1.54) is 17.1 Å². The molecule has 1 unspecified atom stereocenters. The largest absolute Gasteiger partial charge is 0.478 e. The van der Waals surface area contributed by atoms with Gasteiger partial charge in [-0.15, -0.1) is 0 Å². The van der Waals surface area contributed by atoms with Gasteiger partial charge in [-0.25, -0.2) is 4.79 Å². The fourth-order valence-electron chi connectivity index (χ4n) is 1.31. The Morgan fingerprint density at radius 3 is 2.61 bits per heavy atom. The molecule has 0 aromatic carbocycles. The summed E-state index contributed by atoms with van der Waals surface area (Å²) in [5.74, 6) is -1.23. The second-order valence-electron chi connectivity index (χ2n) is 4.92. The van der Waals surface area contributed by atoms with Crippen molar-refractivity contribution >= 4 is 11.9 Å². The van der Waals surface area contributed by atoms with Crippen LogP contribution < -0.4 is 5.32 Å². The first-order valence-corrected chi connectivity index (χ1v) is 5.86. The summed E-state index contributed by atoms with van der Waals surface area (Å²) in [6.07, 6.45) is 3.40. The molecule has 1 atom stereocenters. The molecule has 0 radical (unpaired) electrons. The van der Waals surface area contributed by atoms with Crippen LogP contribution in [0.15, 0.2) is 12.4 Å². The second-order valence-corrected chi connectivity index (χ2v) is 4.92. The van der Waals surface area contributed by atoms with E-state index >= 15 is 0 Å². The highest BCUT2D eigenvalue weighted by molar-refractivity contribution is 5.87. The van der Waals surface area contributed by atoms with Crippen LogP contribution in [0.3, 0.4) is 0 Å². The van der Waals surface area contributed by atoms with E-state index in [0.717, 1.165) is 6.42 Å². The van der Waals surface area contributed by atoms with E-state index in [-0.39, 0.29) is 17.0 Å². The van der Waals surface area contributed by atoms with Crippen molar-refractivity contribution in [3.8, 4) is 0 Å². The molecule has 0 spiro atoms. The van der Waals surface area contributed by atoms with Gasteiger partial charge in [-0.1, -0.05) is 6.92 Å². The molecular weight excluding hydrogens is 234 g/mol. The van der Waals surface area contributed by atoms with Crippen molar-refractivity contribution < 1.29 is 14.7 Å². The summed E-state index contributed by atoms with van der Waals surface area (Å²) >= 11 is 0. The maximum absolute atomic E-state index is 12.0. The van der Waals surface area contributed by atoms with E-state index in [0.29, 0.717) is 0 Å². The molecule has 0 saturated heterocycles. The van der Waals surface area contributed by atoms with Crippen LogP contribution in [0.25, 0.3) is 0 Å². The van der Waals surface area contributed by atoms with Gasteiger partial charge in [-0.2, -0.15) is 5.10 Å². The summed E-state index contributed by atoms with van der Waals surface area (Å²) in [6.45, 7) is 7.54. The van der Waals surface area contributed by atoms with Crippen molar-refractivity contribution in [1.29, 1.82) is 0 Å². The summed E-state index contributed by atoms with van der Waals surface area (Å²) in [4.78, 5) is 22.7. The van der Waals surface area contributed by atoms with Crippen LogP contribution in [-0.4, -0.2) is 32.3 Å². The highest BCUT2D eigenvalue weighted by Crippen LogP contribution is 2.12. The summed E-state index contributed by atoms with van der Waals surface area (Å²) in [6, 6.07) is -0.538. The average Bonchev–Trinajstić information content (AvgIpc) is 2.76. The van der Waals surface area contributed by atoms with Crippen LogP contribution in [0.4, 0.5) is 0 Å². The molecule has 0 aliphatic rings. The first-order valence-electron chi connectivity index (χ1n) is 5.86. The van der Waals surface area contributed by atoms with Crippen LogP contribution in [0.1, 0.15) is 50.5 Å². The second kappa shape index (κ2) is 5.20. The highest BCUT2D eigenvalue weighted by atomic mass is 16.4. The number of nitrogens with zero attached hydrogens (tertiary/aromatic N) is 2. The predicted octanol–water partition coefficient (Wildman–Crippen LogP) is 1.45. The number of nitrogens with one attached hydrogen (secondary N) is 1. The lowest BCUT2D eigenvalue weighted by molar-refractivity contribution is -0.125. The molecule has 0 fully saturated rings. The third-order valence-electron chi connectivity index (χ3n) is 2.97. The minimum Gasteiger partial charge on any atom is -0.478 e. The van der Waals surface area contributed by atoms with Gasteiger partial charge in [0.2, 0.25) is 5.91 Å². The van der Waals surface area contributed by atoms with E-state index in [9.17, 15) is 9.59 Å². The number of carboxylic acid groups (broad SMARTS) is 1. The lowest BCUT2D eigenvalue weighted by Gasteiger charge is -2.26. The first-order chi connectivity index (χ1) is 8.26. The molecule has 6 heteroatoms. The zero-order valence-electron chi connectivity index (χ0n) is 11.1. The van der Waals surface area contributed by atoms with Crippen molar-refractivity contribution in [1.82, 2.24) is 15.1 Å².